The van der Waals surface area contributed by atoms with Crippen LogP contribution in [0.3, 0.4) is 0 Å². The number of ether oxygens (including phenoxy) is 1. The van der Waals surface area contributed by atoms with Crippen LogP contribution in [0.1, 0.15) is 46.4 Å². The molecule has 2 aromatic carbocycles. The molecule has 210 valence electrons. The molecule has 0 radical (unpaired) electrons. The Balaban J connectivity index is 1.15. The van der Waals surface area contributed by atoms with Gasteiger partial charge >= 0.3 is 0 Å². The van der Waals surface area contributed by atoms with E-state index >= 15 is 4.39 Å². The van der Waals surface area contributed by atoms with Crippen LogP contribution in [0.4, 0.5) is 15.8 Å². The summed E-state index contributed by atoms with van der Waals surface area (Å²) < 4.78 is 20.7. The first kappa shape index (κ1) is 27.0. The fourth-order valence-electron chi connectivity index (χ4n) is 6.16. The number of hydrogen-bond donors (Lipinski definition) is 0. The van der Waals surface area contributed by atoms with E-state index in [-0.39, 0.29) is 23.0 Å². The van der Waals surface area contributed by atoms with Crippen LogP contribution in [-0.2, 0) is 10.2 Å². The zero-order valence-electron chi connectivity index (χ0n) is 23.3. The Morgan fingerprint density at radius 2 is 1.73 bits per heavy atom. The maximum Gasteiger partial charge on any atom is 0.268 e. The summed E-state index contributed by atoms with van der Waals surface area (Å²) in [6, 6.07) is 16.8. The van der Waals surface area contributed by atoms with Gasteiger partial charge < -0.3 is 19.4 Å². The number of carbonyl (C=O) groups is 2. The molecule has 3 fully saturated rings. The van der Waals surface area contributed by atoms with Crippen molar-refractivity contribution in [1.82, 2.24) is 4.90 Å². The van der Waals surface area contributed by atoms with Gasteiger partial charge in [0.25, 0.3) is 11.8 Å². The van der Waals surface area contributed by atoms with Crippen LogP contribution in [0.25, 0.3) is 0 Å². The Morgan fingerprint density at radius 3 is 2.33 bits per heavy atom. The highest BCUT2D eigenvalue weighted by Crippen LogP contribution is 2.52. The van der Waals surface area contributed by atoms with Crippen molar-refractivity contribution in [3.63, 3.8) is 0 Å². The van der Waals surface area contributed by atoms with Crippen molar-refractivity contribution in [2.24, 2.45) is 17.8 Å². The first-order valence-corrected chi connectivity index (χ1v) is 15.0. The third-order valence-electron chi connectivity index (χ3n) is 8.62. The van der Waals surface area contributed by atoms with Gasteiger partial charge in [0.05, 0.1) is 23.8 Å². The average Bonchev–Trinajstić information content (AvgIpc) is 3.34. The van der Waals surface area contributed by atoms with E-state index < -0.39 is 0 Å². The van der Waals surface area contributed by atoms with Gasteiger partial charge in [-0.1, -0.05) is 39.0 Å². The molecule has 3 heterocycles. The number of halogens is 1. The molecule has 1 aromatic heterocycles. The second-order valence-electron chi connectivity index (χ2n) is 12.2. The lowest BCUT2D eigenvalue weighted by atomic mass is 9.86. The maximum atomic E-state index is 15.3. The van der Waals surface area contributed by atoms with Crippen LogP contribution >= 0.6 is 11.3 Å². The number of rotatable bonds is 6. The number of nitrogens with zero attached hydrogens (tertiary/aromatic N) is 3. The van der Waals surface area contributed by atoms with E-state index in [0.29, 0.717) is 79.9 Å². The topological polar surface area (TPSA) is 53.1 Å². The summed E-state index contributed by atoms with van der Waals surface area (Å²) in [6.45, 7) is 10.9. The number of piperidine rings is 1. The summed E-state index contributed by atoms with van der Waals surface area (Å²) in [6.07, 6.45) is 0. The molecule has 0 spiro atoms. The summed E-state index contributed by atoms with van der Waals surface area (Å²) in [5.74, 6) is 0.638. The zero-order chi connectivity index (χ0) is 28.0. The third kappa shape index (κ3) is 5.27. The molecular weight excluding hydrogens is 525 g/mol. The van der Waals surface area contributed by atoms with E-state index in [9.17, 15) is 9.59 Å². The van der Waals surface area contributed by atoms with E-state index in [0.717, 1.165) is 5.56 Å². The molecule has 2 saturated heterocycles. The van der Waals surface area contributed by atoms with Gasteiger partial charge in [-0.25, -0.2) is 4.39 Å². The first-order valence-electron chi connectivity index (χ1n) is 14.1. The van der Waals surface area contributed by atoms with Crippen molar-refractivity contribution in [3.8, 4) is 0 Å². The molecule has 2 unspecified atom stereocenters. The molecule has 3 aliphatic rings. The van der Waals surface area contributed by atoms with Gasteiger partial charge in [0, 0.05) is 44.0 Å². The number of hydrogen-bond acceptors (Lipinski definition) is 5. The predicted molar refractivity (Wildman–Crippen MR) is 157 cm³/mol. The van der Waals surface area contributed by atoms with Gasteiger partial charge in [0.15, 0.2) is 0 Å². The number of anilines is 2. The van der Waals surface area contributed by atoms with E-state index in [4.69, 9.17) is 4.74 Å². The van der Waals surface area contributed by atoms with Crippen LogP contribution in [-0.4, -0.2) is 62.7 Å². The number of thiophene rings is 1. The lowest BCUT2D eigenvalue weighted by Gasteiger charge is -2.30. The first-order chi connectivity index (χ1) is 19.2. The minimum atomic E-state index is -0.325. The standard InChI is InChI=1S/C32H36FN3O3S/c1-32(2,3)22-8-6-21(7-9-22)30(37)35-18-24-25(19-35)26(24)20-36(31(38)29-5-4-16-40-29)23-10-11-28(27(33)17-23)34-12-14-39-15-13-34/h4-11,16-17,24-26H,12-15,18-20H2,1-3H3. The largest absolute Gasteiger partial charge is 0.378 e. The van der Waals surface area contributed by atoms with Crippen LogP contribution in [0.15, 0.2) is 60.0 Å². The molecule has 6 nitrogen and oxygen atoms in total. The summed E-state index contributed by atoms with van der Waals surface area (Å²) in [7, 11) is 0. The Labute approximate surface area is 239 Å². The third-order valence-corrected chi connectivity index (χ3v) is 9.48. The molecule has 0 N–H and O–H groups in total. The molecule has 3 aromatic rings. The smallest absolute Gasteiger partial charge is 0.268 e. The number of amides is 2. The highest BCUT2D eigenvalue weighted by molar-refractivity contribution is 7.12. The molecule has 6 rings (SSSR count). The molecule has 2 aliphatic heterocycles. The quantitative estimate of drug-likeness (QED) is 0.388. The monoisotopic (exact) mass is 561 g/mol. The number of likely N-dealkylation sites (tertiary alicyclic amines) is 1. The summed E-state index contributed by atoms with van der Waals surface area (Å²) in [4.78, 5) is 33.1. The molecular formula is C32H36FN3O3S. The van der Waals surface area contributed by atoms with Gasteiger partial charge in [-0.2, -0.15) is 0 Å². The van der Waals surface area contributed by atoms with E-state index in [1.54, 1.807) is 11.0 Å². The Bertz CT molecular complexity index is 1370. The van der Waals surface area contributed by atoms with E-state index in [2.05, 4.69) is 20.8 Å². The maximum absolute atomic E-state index is 15.3. The molecule has 1 aliphatic carbocycles. The van der Waals surface area contributed by atoms with Gasteiger partial charge in [0.2, 0.25) is 0 Å². The Hall–Kier alpha value is -3.23. The number of benzene rings is 2. The highest BCUT2D eigenvalue weighted by atomic mass is 32.1. The van der Waals surface area contributed by atoms with Gasteiger partial charge in [-0.05, 0) is 70.5 Å². The van der Waals surface area contributed by atoms with Crippen LogP contribution in [0.2, 0.25) is 0 Å². The van der Waals surface area contributed by atoms with Crippen molar-refractivity contribution < 1.29 is 18.7 Å². The van der Waals surface area contributed by atoms with E-state index in [1.807, 2.05) is 57.6 Å². The molecule has 2 atom stereocenters. The van der Waals surface area contributed by atoms with Crippen LogP contribution in [0, 0.1) is 23.6 Å². The van der Waals surface area contributed by atoms with Crippen molar-refractivity contribution in [1.29, 1.82) is 0 Å². The van der Waals surface area contributed by atoms with Crippen LogP contribution < -0.4 is 9.80 Å². The zero-order valence-corrected chi connectivity index (χ0v) is 24.1. The molecule has 0 bridgehead atoms. The number of carbonyl (C=O) groups excluding carboxylic acids is 2. The summed E-state index contributed by atoms with van der Waals surface area (Å²) in [5, 5.41) is 1.89. The minimum absolute atomic E-state index is 0.0439. The summed E-state index contributed by atoms with van der Waals surface area (Å²) in [5.41, 5.74) is 3.09. The van der Waals surface area contributed by atoms with Gasteiger partial charge in [-0.3, -0.25) is 9.59 Å². The van der Waals surface area contributed by atoms with Crippen molar-refractivity contribution in [3.05, 3.63) is 81.8 Å². The van der Waals surface area contributed by atoms with Crippen LogP contribution in [0.5, 0.6) is 0 Å². The van der Waals surface area contributed by atoms with Crippen molar-refractivity contribution in [2.45, 2.75) is 26.2 Å². The second kappa shape index (κ2) is 10.6. The fourth-order valence-corrected chi connectivity index (χ4v) is 6.83. The van der Waals surface area contributed by atoms with Crippen molar-refractivity contribution in [2.75, 3.05) is 55.7 Å². The molecule has 2 amide bonds. The number of fused-ring (bicyclic) bond motifs is 1. The number of morpholine rings is 1. The molecule has 1 saturated carbocycles. The highest BCUT2D eigenvalue weighted by Gasteiger charge is 2.57. The average molecular weight is 562 g/mol. The molecule has 8 heteroatoms. The SMILES string of the molecule is CC(C)(C)c1ccc(C(=O)N2CC3C(C2)C3CN(C(=O)c2cccs2)c2ccc(N3CCOCC3)c(F)c2)cc1. The fraction of sp³-hybridized carbons (Fsp3) is 0.438. The van der Waals surface area contributed by atoms with Gasteiger partial charge in [-0.15, -0.1) is 11.3 Å². The Kier molecular flexibility index (Phi) is 7.17. The van der Waals surface area contributed by atoms with Gasteiger partial charge in [0.1, 0.15) is 5.82 Å². The summed E-state index contributed by atoms with van der Waals surface area (Å²) >= 11 is 1.40. The molecule has 40 heavy (non-hydrogen) atoms. The second-order valence-corrected chi connectivity index (χ2v) is 13.1. The lowest BCUT2D eigenvalue weighted by molar-refractivity contribution is 0.0766. The normalized spacial score (nSPS) is 22.2. The van der Waals surface area contributed by atoms with Crippen molar-refractivity contribution >= 4 is 34.5 Å². The minimum Gasteiger partial charge on any atom is -0.378 e. The van der Waals surface area contributed by atoms with E-state index in [1.165, 1.54) is 23.0 Å². The Morgan fingerprint density at radius 1 is 1.02 bits per heavy atom. The predicted octanol–water partition coefficient (Wildman–Crippen LogP) is 5.69. The lowest BCUT2D eigenvalue weighted by Crippen LogP contribution is -2.37.